The van der Waals surface area contributed by atoms with Crippen LogP contribution in [0.25, 0.3) is 0 Å². The van der Waals surface area contributed by atoms with Crippen LogP contribution in [-0.4, -0.2) is 14.8 Å². The van der Waals surface area contributed by atoms with Crippen LogP contribution < -0.4 is 4.74 Å². The minimum atomic E-state index is -0.160. The highest BCUT2D eigenvalue weighted by atomic mass is 79.9. The molecule has 0 aliphatic carbocycles. The van der Waals surface area contributed by atoms with Gasteiger partial charge >= 0.3 is 0 Å². The first-order valence-corrected chi connectivity index (χ1v) is 9.39. The van der Waals surface area contributed by atoms with Crippen molar-refractivity contribution < 1.29 is 4.74 Å². The van der Waals surface area contributed by atoms with Crippen LogP contribution in [0.3, 0.4) is 0 Å². The van der Waals surface area contributed by atoms with E-state index in [1.54, 1.807) is 11.8 Å². The molecule has 24 heavy (non-hydrogen) atoms. The van der Waals surface area contributed by atoms with E-state index >= 15 is 0 Å². The van der Waals surface area contributed by atoms with E-state index in [2.05, 4.69) is 38.3 Å². The topological polar surface area (TPSA) is 39.9 Å². The van der Waals surface area contributed by atoms with Gasteiger partial charge in [-0.15, -0.1) is 10.2 Å². The molecule has 0 amide bonds. The summed E-state index contributed by atoms with van der Waals surface area (Å²) in [6, 6.07) is 18.1. The number of thioether (sulfide) groups is 1. The number of hydrogen-bond acceptors (Lipinski definition) is 4. The molecule has 1 heterocycles. The van der Waals surface area contributed by atoms with Crippen molar-refractivity contribution in [1.29, 1.82) is 0 Å². The van der Waals surface area contributed by atoms with Crippen molar-refractivity contribution in [3.63, 3.8) is 0 Å². The molecule has 0 saturated heterocycles. The van der Waals surface area contributed by atoms with Crippen molar-refractivity contribution >= 4 is 27.7 Å². The van der Waals surface area contributed by atoms with Crippen molar-refractivity contribution in [2.45, 2.75) is 23.9 Å². The SMILES string of the molecule is CC(Oc1ccccc1)c1nnc(SCc2ccc(Br)cc2)n1C. The minimum Gasteiger partial charge on any atom is -0.483 e. The van der Waals surface area contributed by atoms with Crippen molar-refractivity contribution in [2.24, 2.45) is 7.05 Å². The van der Waals surface area contributed by atoms with Gasteiger partial charge in [-0.05, 0) is 36.8 Å². The van der Waals surface area contributed by atoms with E-state index < -0.39 is 0 Å². The molecule has 0 N–H and O–H groups in total. The van der Waals surface area contributed by atoms with Crippen molar-refractivity contribution in [2.75, 3.05) is 0 Å². The van der Waals surface area contributed by atoms with Crippen molar-refractivity contribution in [1.82, 2.24) is 14.8 Å². The van der Waals surface area contributed by atoms with Crippen molar-refractivity contribution in [3.8, 4) is 5.75 Å². The summed E-state index contributed by atoms with van der Waals surface area (Å²) in [6.07, 6.45) is -0.160. The summed E-state index contributed by atoms with van der Waals surface area (Å²) in [7, 11) is 1.98. The quantitative estimate of drug-likeness (QED) is 0.542. The number of nitrogens with zero attached hydrogens (tertiary/aromatic N) is 3. The Morgan fingerprint density at radius 3 is 2.50 bits per heavy atom. The van der Waals surface area contributed by atoms with Gasteiger partial charge in [0.15, 0.2) is 17.1 Å². The van der Waals surface area contributed by atoms with E-state index in [-0.39, 0.29) is 6.10 Å². The monoisotopic (exact) mass is 403 g/mol. The first-order chi connectivity index (χ1) is 11.6. The molecule has 0 saturated carbocycles. The van der Waals surface area contributed by atoms with Gasteiger partial charge in [0.05, 0.1) is 0 Å². The Hall–Kier alpha value is -1.79. The Labute approximate surface area is 154 Å². The Morgan fingerprint density at radius 1 is 1.08 bits per heavy atom. The molecule has 3 aromatic rings. The fraction of sp³-hybridized carbons (Fsp3) is 0.222. The predicted octanol–water partition coefficient (Wildman–Crippen LogP) is 5.01. The first-order valence-electron chi connectivity index (χ1n) is 7.61. The first kappa shape index (κ1) is 17.0. The zero-order valence-electron chi connectivity index (χ0n) is 13.5. The van der Waals surface area contributed by atoms with E-state index in [0.29, 0.717) is 0 Å². The smallest absolute Gasteiger partial charge is 0.191 e. The molecule has 1 unspecified atom stereocenters. The van der Waals surface area contributed by atoms with E-state index in [1.165, 1.54) is 5.56 Å². The Morgan fingerprint density at radius 2 is 1.79 bits per heavy atom. The van der Waals surface area contributed by atoms with Crippen LogP contribution in [0, 0.1) is 0 Å². The number of benzene rings is 2. The minimum absolute atomic E-state index is 0.160. The number of aromatic nitrogens is 3. The molecule has 0 bridgehead atoms. The lowest BCUT2D eigenvalue weighted by Gasteiger charge is -2.14. The second-order valence-electron chi connectivity index (χ2n) is 5.39. The maximum absolute atomic E-state index is 5.93. The van der Waals surface area contributed by atoms with Gasteiger partial charge < -0.3 is 9.30 Å². The zero-order valence-corrected chi connectivity index (χ0v) is 15.9. The fourth-order valence-corrected chi connectivity index (χ4v) is 3.43. The van der Waals surface area contributed by atoms with Crippen molar-refractivity contribution in [3.05, 3.63) is 70.5 Å². The molecule has 6 heteroatoms. The number of halogens is 1. The summed E-state index contributed by atoms with van der Waals surface area (Å²) >= 11 is 5.12. The van der Waals surface area contributed by atoms with Gasteiger partial charge in [0.25, 0.3) is 0 Å². The maximum Gasteiger partial charge on any atom is 0.191 e. The molecule has 4 nitrogen and oxygen atoms in total. The molecule has 0 fully saturated rings. The van der Waals surface area contributed by atoms with Crippen LogP contribution in [0.2, 0.25) is 0 Å². The van der Waals surface area contributed by atoms with Gasteiger partial charge in [-0.1, -0.05) is 58.0 Å². The van der Waals surface area contributed by atoms with Gasteiger partial charge in [0.2, 0.25) is 0 Å². The standard InChI is InChI=1S/C18H18BrN3OS/c1-13(23-16-6-4-3-5-7-16)17-20-21-18(22(17)2)24-12-14-8-10-15(19)11-9-14/h3-11,13H,12H2,1-2H3. The lowest BCUT2D eigenvalue weighted by atomic mass is 10.2. The maximum atomic E-state index is 5.93. The number of para-hydroxylation sites is 1. The largest absolute Gasteiger partial charge is 0.483 e. The molecule has 1 aromatic heterocycles. The lowest BCUT2D eigenvalue weighted by molar-refractivity contribution is 0.211. The summed E-state index contributed by atoms with van der Waals surface area (Å²) < 4.78 is 9.02. The summed E-state index contributed by atoms with van der Waals surface area (Å²) in [5, 5.41) is 9.48. The molecule has 0 aliphatic heterocycles. The molecule has 0 spiro atoms. The van der Waals surface area contributed by atoms with Crippen LogP contribution in [0.15, 0.2) is 64.2 Å². The third-order valence-corrected chi connectivity index (χ3v) is 5.19. The Bertz CT molecular complexity index is 790. The van der Waals surface area contributed by atoms with Crippen LogP contribution in [0.5, 0.6) is 5.75 Å². The zero-order chi connectivity index (χ0) is 16.9. The van der Waals surface area contributed by atoms with E-state index in [1.807, 2.05) is 61.0 Å². The van der Waals surface area contributed by atoms with E-state index in [0.717, 1.165) is 27.0 Å². The van der Waals surface area contributed by atoms with Crippen LogP contribution in [-0.2, 0) is 12.8 Å². The summed E-state index contributed by atoms with van der Waals surface area (Å²) in [4.78, 5) is 0. The highest BCUT2D eigenvalue weighted by Gasteiger charge is 2.17. The van der Waals surface area contributed by atoms with Gasteiger partial charge in [-0.2, -0.15) is 0 Å². The van der Waals surface area contributed by atoms with Crippen LogP contribution in [0.1, 0.15) is 24.4 Å². The third-order valence-electron chi connectivity index (χ3n) is 3.57. The number of rotatable bonds is 6. The number of hydrogen-bond donors (Lipinski definition) is 0. The van der Waals surface area contributed by atoms with E-state index in [4.69, 9.17) is 4.74 Å². The predicted molar refractivity (Wildman–Crippen MR) is 100 cm³/mol. The van der Waals surface area contributed by atoms with Gasteiger partial charge in [0.1, 0.15) is 5.75 Å². The highest BCUT2D eigenvalue weighted by Crippen LogP contribution is 2.25. The highest BCUT2D eigenvalue weighted by molar-refractivity contribution is 9.10. The van der Waals surface area contributed by atoms with Crippen LogP contribution >= 0.6 is 27.7 Å². The van der Waals surface area contributed by atoms with Gasteiger partial charge in [-0.25, -0.2) is 0 Å². The molecule has 124 valence electrons. The van der Waals surface area contributed by atoms with Gasteiger partial charge in [-0.3, -0.25) is 0 Å². The van der Waals surface area contributed by atoms with E-state index in [9.17, 15) is 0 Å². The second kappa shape index (κ2) is 7.85. The second-order valence-corrected chi connectivity index (χ2v) is 7.25. The average Bonchev–Trinajstić information content (AvgIpc) is 2.96. The van der Waals surface area contributed by atoms with Crippen LogP contribution in [0.4, 0.5) is 0 Å². The number of ether oxygens (including phenoxy) is 1. The summed E-state index contributed by atoms with van der Waals surface area (Å²) in [5.41, 5.74) is 1.25. The molecule has 3 rings (SSSR count). The molecule has 1 atom stereocenters. The molecule has 0 aliphatic rings. The summed E-state index contributed by atoms with van der Waals surface area (Å²) in [5.74, 6) is 2.50. The average molecular weight is 404 g/mol. The Kier molecular flexibility index (Phi) is 5.58. The fourth-order valence-electron chi connectivity index (χ4n) is 2.29. The Balaban J connectivity index is 1.65. The third kappa shape index (κ3) is 4.19. The molecule has 2 aromatic carbocycles. The lowest BCUT2D eigenvalue weighted by Crippen LogP contribution is -2.10. The molecular formula is C18H18BrN3OS. The van der Waals surface area contributed by atoms with Gasteiger partial charge in [0, 0.05) is 17.3 Å². The molecule has 0 radical (unpaired) electrons. The molecular weight excluding hydrogens is 386 g/mol. The summed E-state index contributed by atoms with van der Waals surface area (Å²) in [6.45, 7) is 1.99. The normalized spacial score (nSPS) is 12.1.